The third kappa shape index (κ3) is 3.60. The first-order valence-corrected chi connectivity index (χ1v) is 6.88. The minimum Gasteiger partial charge on any atom is -0.398 e. The lowest BCUT2D eigenvalue weighted by molar-refractivity contribution is -0.121. The highest BCUT2D eigenvalue weighted by Gasteiger charge is 2.13. The summed E-state index contributed by atoms with van der Waals surface area (Å²) in [5.41, 5.74) is 8.52. The highest BCUT2D eigenvalue weighted by atomic mass is 16.1. The Balaban J connectivity index is 2.02. The maximum atomic E-state index is 12.1. The fourth-order valence-electron chi connectivity index (χ4n) is 2.22. The van der Waals surface area contributed by atoms with E-state index in [0.717, 1.165) is 17.5 Å². The van der Waals surface area contributed by atoms with Crippen molar-refractivity contribution in [1.29, 1.82) is 0 Å². The number of para-hydroxylation sites is 1. The monoisotopic (exact) mass is 268 g/mol. The molecule has 20 heavy (non-hydrogen) atoms. The predicted molar refractivity (Wildman–Crippen MR) is 82.2 cm³/mol. The first-order chi connectivity index (χ1) is 9.70. The van der Waals surface area contributed by atoms with Crippen LogP contribution in [0.2, 0.25) is 0 Å². The molecule has 0 radical (unpaired) electrons. The van der Waals surface area contributed by atoms with Gasteiger partial charge in [-0.05, 0) is 23.6 Å². The molecular formula is C17H20N2O. The molecule has 3 heteroatoms. The van der Waals surface area contributed by atoms with Crippen LogP contribution in [0.3, 0.4) is 0 Å². The van der Waals surface area contributed by atoms with Crippen molar-refractivity contribution in [3.8, 4) is 0 Å². The van der Waals surface area contributed by atoms with Crippen LogP contribution in [0.15, 0.2) is 54.6 Å². The lowest BCUT2D eigenvalue weighted by atomic mass is 10.0. The molecule has 0 saturated carbocycles. The maximum Gasteiger partial charge on any atom is 0.224 e. The highest BCUT2D eigenvalue weighted by Crippen LogP contribution is 2.17. The van der Waals surface area contributed by atoms with Gasteiger partial charge >= 0.3 is 0 Å². The number of hydrogen-bond acceptors (Lipinski definition) is 2. The first kappa shape index (κ1) is 14.1. The minimum absolute atomic E-state index is 0.00129. The highest BCUT2D eigenvalue weighted by molar-refractivity contribution is 5.80. The van der Waals surface area contributed by atoms with Gasteiger partial charge in [0, 0.05) is 5.69 Å². The fourth-order valence-corrected chi connectivity index (χ4v) is 2.22. The Labute approximate surface area is 119 Å². The Morgan fingerprint density at radius 3 is 2.40 bits per heavy atom. The van der Waals surface area contributed by atoms with Gasteiger partial charge in [0.05, 0.1) is 12.5 Å². The van der Waals surface area contributed by atoms with Crippen molar-refractivity contribution in [2.45, 2.75) is 25.8 Å². The molecule has 0 aromatic heterocycles. The van der Waals surface area contributed by atoms with Gasteiger partial charge in [-0.3, -0.25) is 4.79 Å². The van der Waals surface area contributed by atoms with E-state index in [4.69, 9.17) is 5.73 Å². The third-order valence-corrected chi connectivity index (χ3v) is 3.35. The van der Waals surface area contributed by atoms with Gasteiger partial charge in [-0.2, -0.15) is 0 Å². The normalized spacial score (nSPS) is 11.8. The van der Waals surface area contributed by atoms with Crippen LogP contribution in [0.4, 0.5) is 5.69 Å². The standard InChI is InChI=1S/C17H20N2O/c1-2-16(13-8-4-3-5-9-13)19-17(20)12-14-10-6-7-11-15(14)18/h3-11,16H,2,12,18H2,1H3,(H,19,20). The summed E-state index contributed by atoms with van der Waals surface area (Å²) in [5.74, 6) is -0.00129. The molecule has 2 aromatic rings. The second kappa shape index (κ2) is 6.75. The molecule has 0 heterocycles. The van der Waals surface area contributed by atoms with Gasteiger partial charge in [0.2, 0.25) is 5.91 Å². The lowest BCUT2D eigenvalue weighted by Gasteiger charge is -2.17. The summed E-state index contributed by atoms with van der Waals surface area (Å²) in [6.45, 7) is 2.06. The van der Waals surface area contributed by atoms with Crippen molar-refractivity contribution in [3.05, 3.63) is 65.7 Å². The number of rotatable bonds is 5. The lowest BCUT2D eigenvalue weighted by Crippen LogP contribution is -2.29. The van der Waals surface area contributed by atoms with Crippen molar-refractivity contribution in [2.75, 3.05) is 5.73 Å². The number of carbonyl (C=O) groups excluding carboxylic acids is 1. The first-order valence-electron chi connectivity index (χ1n) is 6.88. The van der Waals surface area contributed by atoms with Crippen LogP contribution in [0, 0.1) is 0 Å². The van der Waals surface area contributed by atoms with Gasteiger partial charge in [0.15, 0.2) is 0 Å². The predicted octanol–water partition coefficient (Wildman–Crippen LogP) is 3.08. The van der Waals surface area contributed by atoms with E-state index in [-0.39, 0.29) is 11.9 Å². The van der Waals surface area contributed by atoms with Gasteiger partial charge in [-0.15, -0.1) is 0 Å². The van der Waals surface area contributed by atoms with E-state index in [1.54, 1.807) is 0 Å². The molecule has 0 fully saturated rings. The summed E-state index contributed by atoms with van der Waals surface area (Å²) in [6.07, 6.45) is 1.18. The number of carbonyl (C=O) groups is 1. The second-order valence-corrected chi connectivity index (χ2v) is 4.81. The molecule has 0 bridgehead atoms. The number of nitrogen functional groups attached to an aromatic ring is 1. The van der Waals surface area contributed by atoms with Crippen molar-refractivity contribution < 1.29 is 4.79 Å². The molecule has 1 amide bonds. The van der Waals surface area contributed by atoms with E-state index >= 15 is 0 Å². The molecule has 2 rings (SSSR count). The van der Waals surface area contributed by atoms with Crippen molar-refractivity contribution >= 4 is 11.6 Å². The Hall–Kier alpha value is -2.29. The summed E-state index contributed by atoms with van der Waals surface area (Å²) < 4.78 is 0. The van der Waals surface area contributed by atoms with Gasteiger partial charge in [0.25, 0.3) is 0 Å². The van der Waals surface area contributed by atoms with Gasteiger partial charge in [-0.1, -0.05) is 55.5 Å². The number of benzene rings is 2. The van der Waals surface area contributed by atoms with Gasteiger partial charge in [-0.25, -0.2) is 0 Å². The Morgan fingerprint density at radius 1 is 1.10 bits per heavy atom. The molecule has 0 aliphatic carbocycles. The van der Waals surface area contributed by atoms with Crippen LogP contribution in [-0.4, -0.2) is 5.91 Å². The van der Waals surface area contributed by atoms with Crippen molar-refractivity contribution in [3.63, 3.8) is 0 Å². The van der Waals surface area contributed by atoms with Gasteiger partial charge in [0.1, 0.15) is 0 Å². The molecule has 0 aliphatic rings. The van der Waals surface area contributed by atoms with E-state index < -0.39 is 0 Å². The number of nitrogens with two attached hydrogens (primary N) is 1. The summed E-state index contributed by atoms with van der Waals surface area (Å²) in [7, 11) is 0. The summed E-state index contributed by atoms with van der Waals surface area (Å²) in [5, 5.41) is 3.06. The maximum absolute atomic E-state index is 12.1. The van der Waals surface area contributed by atoms with Crippen LogP contribution in [0.25, 0.3) is 0 Å². The van der Waals surface area contributed by atoms with Crippen molar-refractivity contribution in [1.82, 2.24) is 5.32 Å². The van der Waals surface area contributed by atoms with E-state index in [1.165, 1.54) is 0 Å². The SMILES string of the molecule is CCC(NC(=O)Cc1ccccc1N)c1ccccc1. The number of anilines is 1. The van der Waals surface area contributed by atoms with Crippen LogP contribution in [0.1, 0.15) is 30.5 Å². The molecule has 0 spiro atoms. The summed E-state index contributed by atoms with van der Waals surface area (Å²) >= 11 is 0. The van der Waals surface area contributed by atoms with E-state index in [2.05, 4.69) is 12.2 Å². The van der Waals surface area contributed by atoms with Crippen molar-refractivity contribution in [2.24, 2.45) is 0 Å². The molecule has 3 N–H and O–H groups in total. The van der Waals surface area contributed by atoms with Crippen LogP contribution in [0.5, 0.6) is 0 Å². The molecule has 3 nitrogen and oxygen atoms in total. The number of amides is 1. The average molecular weight is 268 g/mol. The zero-order valence-electron chi connectivity index (χ0n) is 11.7. The van der Waals surface area contributed by atoms with Crippen LogP contribution < -0.4 is 11.1 Å². The molecule has 1 atom stereocenters. The molecule has 2 aromatic carbocycles. The fraction of sp³-hybridized carbons (Fsp3) is 0.235. The largest absolute Gasteiger partial charge is 0.398 e. The smallest absolute Gasteiger partial charge is 0.224 e. The summed E-state index contributed by atoms with van der Waals surface area (Å²) in [4.78, 5) is 12.1. The second-order valence-electron chi connectivity index (χ2n) is 4.81. The number of nitrogens with one attached hydrogen (secondary N) is 1. The molecule has 0 saturated heterocycles. The van der Waals surface area contributed by atoms with E-state index in [9.17, 15) is 4.79 Å². The zero-order valence-corrected chi connectivity index (χ0v) is 11.7. The molecule has 1 unspecified atom stereocenters. The Bertz CT molecular complexity index is 566. The molecule has 104 valence electrons. The Morgan fingerprint density at radius 2 is 1.75 bits per heavy atom. The van der Waals surface area contributed by atoms with E-state index in [1.807, 2.05) is 54.6 Å². The van der Waals surface area contributed by atoms with Crippen LogP contribution in [-0.2, 0) is 11.2 Å². The average Bonchev–Trinajstić information content (AvgIpc) is 2.48. The Kier molecular flexibility index (Phi) is 4.77. The molecular weight excluding hydrogens is 248 g/mol. The third-order valence-electron chi connectivity index (χ3n) is 3.35. The quantitative estimate of drug-likeness (QED) is 0.819. The minimum atomic E-state index is -0.00129. The van der Waals surface area contributed by atoms with Crippen LogP contribution >= 0.6 is 0 Å². The van der Waals surface area contributed by atoms with Gasteiger partial charge < -0.3 is 11.1 Å². The topological polar surface area (TPSA) is 55.1 Å². The van der Waals surface area contributed by atoms with E-state index in [0.29, 0.717) is 12.1 Å². The molecule has 0 aliphatic heterocycles. The number of hydrogen-bond donors (Lipinski definition) is 2. The zero-order chi connectivity index (χ0) is 14.4. The summed E-state index contributed by atoms with van der Waals surface area (Å²) in [6, 6.07) is 17.5.